The fourth-order valence-electron chi connectivity index (χ4n) is 2.42. The van der Waals surface area contributed by atoms with Crippen molar-refractivity contribution in [3.05, 3.63) is 88.5 Å². The van der Waals surface area contributed by atoms with Crippen molar-refractivity contribution in [1.82, 2.24) is 0 Å². The standard InChI is InChI=1S/C19H14N2O7S/c20-29(25,26)17-12-13(19(22)28-15-9-5-2-6-10-15)11-16(21(23)24)18(17)27-14-7-3-1-4-8-14/h1-12H,(H2,20,25,26). The molecule has 0 saturated heterocycles. The van der Waals surface area contributed by atoms with Crippen molar-refractivity contribution in [3.8, 4) is 17.2 Å². The first-order chi connectivity index (χ1) is 13.8. The lowest BCUT2D eigenvalue weighted by molar-refractivity contribution is -0.385. The molecule has 3 aromatic rings. The summed E-state index contributed by atoms with van der Waals surface area (Å²) in [5.74, 6) is -1.25. The van der Waals surface area contributed by atoms with Gasteiger partial charge < -0.3 is 9.47 Å². The van der Waals surface area contributed by atoms with Crippen LogP contribution in [-0.2, 0) is 10.0 Å². The highest BCUT2D eigenvalue weighted by Crippen LogP contribution is 2.38. The number of rotatable bonds is 6. The number of nitrogens with two attached hydrogens (primary N) is 1. The average Bonchev–Trinajstić information content (AvgIpc) is 2.68. The van der Waals surface area contributed by atoms with Crippen LogP contribution < -0.4 is 14.6 Å². The van der Waals surface area contributed by atoms with Crippen molar-refractivity contribution >= 4 is 21.7 Å². The van der Waals surface area contributed by atoms with Gasteiger partial charge in [-0.1, -0.05) is 36.4 Å². The SMILES string of the molecule is NS(=O)(=O)c1cc(C(=O)Oc2ccccc2)cc([N+](=O)[O-])c1Oc1ccccc1. The Kier molecular flexibility index (Phi) is 5.57. The second-order valence-corrected chi connectivity index (χ2v) is 7.27. The molecule has 0 bridgehead atoms. The third kappa shape index (κ3) is 4.75. The maximum Gasteiger partial charge on any atom is 0.343 e. The van der Waals surface area contributed by atoms with Crippen LogP contribution in [-0.4, -0.2) is 19.3 Å². The molecule has 3 aromatic carbocycles. The summed E-state index contributed by atoms with van der Waals surface area (Å²) in [6.45, 7) is 0. The molecule has 9 nitrogen and oxygen atoms in total. The zero-order chi connectivity index (χ0) is 21.0. The minimum atomic E-state index is -4.48. The predicted molar refractivity (Wildman–Crippen MR) is 102 cm³/mol. The number of carbonyl (C=O) groups excluding carboxylic acids is 1. The summed E-state index contributed by atoms with van der Waals surface area (Å²) in [5.41, 5.74) is -1.12. The summed E-state index contributed by atoms with van der Waals surface area (Å²) in [7, 11) is -4.48. The normalized spacial score (nSPS) is 10.9. The Morgan fingerprint density at radius 3 is 2.00 bits per heavy atom. The number of nitro benzene ring substituents is 1. The lowest BCUT2D eigenvalue weighted by atomic mass is 10.2. The zero-order valence-electron chi connectivity index (χ0n) is 14.7. The van der Waals surface area contributed by atoms with E-state index in [1.54, 1.807) is 36.4 Å². The molecule has 0 aromatic heterocycles. The summed E-state index contributed by atoms with van der Waals surface area (Å²) in [4.78, 5) is 22.4. The first kappa shape index (κ1) is 20.0. The van der Waals surface area contributed by atoms with Gasteiger partial charge in [0.25, 0.3) is 0 Å². The number of para-hydroxylation sites is 2. The summed E-state index contributed by atoms with van der Waals surface area (Å²) >= 11 is 0. The van der Waals surface area contributed by atoms with Crippen molar-refractivity contribution in [1.29, 1.82) is 0 Å². The van der Waals surface area contributed by atoms with E-state index in [1.807, 2.05) is 0 Å². The van der Waals surface area contributed by atoms with E-state index in [-0.39, 0.29) is 17.1 Å². The molecule has 0 radical (unpaired) electrons. The average molecular weight is 414 g/mol. The highest BCUT2D eigenvalue weighted by atomic mass is 32.2. The van der Waals surface area contributed by atoms with Gasteiger partial charge in [-0.2, -0.15) is 0 Å². The highest BCUT2D eigenvalue weighted by Gasteiger charge is 2.30. The van der Waals surface area contributed by atoms with E-state index in [9.17, 15) is 23.3 Å². The summed E-state index contributed by atoms with van der Waals surface area (Å²) in [6.07, 6.45) is 0. The number of nitro groups is 1. The molecule has 148 valence electrons. The molecule has 3 rings (SSSR count). The number of esters is 1. The maximum absolute atomic E-state index is 12.4. The molecule has 2 N–H and O–H groups in total. The fraction of sp³-hybridized carbons (Fsp3) is 0. The van der Waals surface area contributed by atoms with E-state index in [0.29, 0.717) is 0 Å². The molecule has 0 heterocycles. The molecule has 29 heavy (non-hydrogen) atoms. The third-order valence-electron chi connectivity index (χ3n) is 3.69. The van der Waals surface area contributed by atoms with E-state index in [1.165, 1.54) is 24.3 Å². The minimum Gasteiger partial charge on any atom is -0.449 e. The Morgan fingerprint density at radius 1 is 0.931 bits per heavy atom. The van der Waals surface area contributed by atoms with E-state index < -0.39 is 37.2 Å². The second-order valence-electron chi connectivity index (χ2n) is 5.74. The smallest absolute Gasteiger partial charge is 0.343 e. The second kappa shape index (κ2) is 8.09. The Balaban J connectivity index is 2.12. The van der Waals surface area contributed by atoms with Crippen LogP contribution in [0.3, 0.4) is 0 Å². The van der Waals surface area contributed by atoms with Gasteiger partial charge in [0.15, 0.2) is 0 Å². The number of nitrogens with zero attached hydrogens (tertiary/aromatic N) is 1. The van der Waals surface area contributed by atoms with Gasteiger partial charge in [0, 0.05) is 6.07 Å². The molecule has 0 aliphatic carbocycles. The van der Waals surface area contributed by atoms with Crippen LogP contribution in [0.1, 0.15) is 10.4 Å². The number of benzene rings is 3. The van der Waals surface area contributed by atoms with Gasteiger partial charge in [0.05, 0.1) is 10.5 Å². The first-order valence-corrected chi connectivity index (χ1v) is 9.65. The summed E-state index contributed by atoms with van der Waals surface area (Å²) in [6, 6.07) is 17.6. The van der Waals surface area contributed by atoms with Crippen molar-refractivity contribution in [2.45, 2.75) is 4.90 Å². The molecule has 0 amide bonds. The van der Waals surface area contributed by atoms with Gasteiger partial charge in [0.2, 0.25) is 15.8 Å². The number of ether oxygens (including phenoxy) is 2. The molecule has 0 aliphatic rings. The van der Waals surface area contributed by atoms with E-state index >= 15 is 0 Å². The molecule has 0 atom stereocenters. The lowest BCUT2D eigenvalue weighted by Gasteiger charge is -2.12. The Labute approximate surface area is 165 Å². The van der Waals surface area contributed by atoms with Gasteiger partial charge in [-0.3, -0.25) is 10.1 Å². The zero-order valence-corrected chi connectivity index (χ0v) is 15.5. The Morgan fingerprint density at radius 2 is 1.48 bits per heavy atom. The summed E-state index contributed by atoms with van der Waals surface area (Å²) in [5, 5.41) is 16.8. The van der Waals surface area contributed by atoms with Crippen LogP contribution in [0.5, 0.6) is 17.2 Å². The van der Waals surface area contributed by atoms with Crippen LogP contribution in [0.25, 0.3) is 0 Å². The number of sulfonamides is 1. The quantitative estimate of drug-likeness (QED) is 0.283. The molecule has 0 aliphatic heterocycles. The van der Waals surface area contributed by atoms with Crippen LogP contribution in [0.2, 0.25) is 0 Å². The minimum absolute atomic E-state index is 0.153. The van der Waals surface area contributed by atoms with Crippen molar-refractivity contribution in [2.24, 2.45) is 5.14 Å². The van der Waals surface area contributed by atoms with Crippen LogP contribution in [0.4, 0.5) is 5.69 Å². The molecule has 0 fully saturated rings. The number of hydrogen-bond donors (Lipinski definition) is 1. The monoisotopic (exact) mass is 414 g/mol. The van der Waals surface area contributed by atoms with Gasteiger partial charge in [-0.25, -0.2) is 18.4 Å². The van der Waals surface area contributed by atoms with Crippen molar-refractivity contribution < 1.29 is 27.6 Å². The Bertz CT molecular complexity index is 1160. The van der Waals surface area contributed by atoms with Gasteiger partial charge in [0.1, 0.15) is 16.4 Å². The topological polar surface area (TPSA) is 139 Å². The Hall–Kier alpha value is -3.76. The first-order valence-electron chi connectivity index (χ1n) is 8.11. The van der Waals surface area contributed by atoms with Crippen LogP contribution in [0.15, 0.2) is 77.7 Å². The molecular weight excluding hydrogens is 400 g/mol. The maximum atomic E-state index is 12.4. The van der Waals surface area contributed by atoms with Gasteiger partial charge in [-0.15, -0.1) is 0 Å². The largest absolute Gasteiger partial charge is 0.449 e. The van der Waals surface area contributed by atoms with Gasteiger partial charge >= 0.3 is 11.7 Å². The molecule has 10 heteroatoms. The van der Waals surface area contributed by atoms with Crippen molar-refractivity contribution in [2.75, 3.05) is 0 Å². The molecule has 0 unspecified atom stereocenters. The number of carbonyl (C=O) groups is 1. The third-order valence-corrected chi connectivity index (χ3v) is 4.61. The number of primary sulfonamides is 1. The molecule has 0 spiro atoms. The lowest BCUT2D eigenvalue weighted by Crippen LogP contribution is -2.17. The van der Waals surface area contributed by atoms with Gasteiger partial charge in [-0.05, 0) is 30.3 Å². The highest BCUT2D eigenvalue weighted by molar-refractivity contribution is 7.89. The van der Waals surface area contributed by atoms with Crippen molar-refractivity contribution in [3.63, 3.8) is 0 Å². The van der Waals surface area contributed by atoms with Crippen LogP contribution >= 0.6 is 0 Å². The van der Waals surface area contributed by atoms with Crippen LogP contribution in [0, 0.1) is 10.1 Å². The van der Waals surface area contributed by atoms with E-state index in [0.717, 1.165) is 12.1 Å². The summed E-state index contributed by atoms with van der Waals surface area (Å²) < 4.78 is 34.7. The number of hydrogen-bond acceptors (Lipinski definition) is 7. The van der Waals surface area contributed by atoms with E-state index in [4.69, 9.17) is 14.6 Å². The predicted octanol–water partition coefficient (Wildman–Crippen LogP) is 3.25. The van der Waals surface area contributed by atoms with E-state index in [2.05, 4.69) is 0 Å². The fourth-order valence-corrected chi connectivity index (χ4v) is 3.11. The molecule has 0 saturated carbocycles. The molecular formula is C19H14N2O7S.